The van der Waals surface area contributed by atoms with E-state index in [9.17, 15) is 13.2 Å². The topological polar surface area (TPSA) is 97.6 Å². The summed E-state index contributed by atoms with van der Waals surface area (Å²) in [7, 11) is -2.61. The van der Waals surface area contributed by atoms with Crippen molar-refractivity contribution in [2.45, 2.75) is 38.0 Å². The van der Waals surface area contributed by atoms with Crippen LogP contribution < -0.4 is 10.0 Å². The molecule has 0 bridgehead atoms. The summed E-state index contributed by atoms with van der Waals surface area (Å²) >= 11 is 0. The van der Waals surface area contributed by atoms with Gasteiger partial charge in [-0.2, -0.15) is 0 Å². The maximum absolute atomic E-state index is 12.6. The SMILES string of the molecule is COC(=O)c1c(C)oc(C)c1S(=O)(=O)NCCC1CCCNC1.Cl. The van der Waals surface area contributed by atoms with Gasteiger partial charge in [0.15, 0.2) is 0 Å². The Bertz CT molecular complexity index is 666. The maximum atomic E-state index is 12.6. The number of hydrogen-bond donors (Lipinski definition) is 2. The average Bonchev–Trinajstić information content (AvgIpc) is 2.82. The molecule has 2 N–H and O–H groups in total. The first-order valence-corrected chi connectivity index (χ1v) is 9.23. The van der Waals surface area contributed by atoms with Crippen LogP contribution >= 0.6 is 12.4 Å². The first kappa shape index (κ1) is 21.0. The van der Waals surface area contributed by atoms with Gasteiger partial charge >= 0.3 is 5.97 Å². The normalized spacial score (nSPS) is 18.0. The van der Waals surface area contributed by atoms with Crippen molar-refractivity contribution in [3.05, 3.63) is 17.1 Å². The Labute approximate surface area is 149 Å². The molecular formula is C15H25ClN2O5S. The molecule has 1 aromatic heterocycles. The third-order valence-electron chi connectivity index (χ3n) is 4.11. The van der Waals surface area contributed by atoms with Crippen LogP contribution in [0.2, 0.25) is 0 Å². The zero-order valence-electron chi connectivity index (χ0n) is 14.2. The first-order valence-electron chi connectivity index (χ1n) is 7.75. The molecule has 24 heavy (non-hydrogen) atoms. The molecule has 1 atom stereocenters. The lowest BCUT2D eigenvalue weighted by Crippen LogP contribution is -2.33. The summed E-state index contributed by atoms with van der Waals surface area (Å²) in [5.74, 6) is 0.191. The van der Waals surface area contributed by atoms with Crippen LogP contribution in [0.25, 0.3) is 0 Å². The Hall–Kier alpha value is -1.09. The highest BCUT2D eigenvalue weighted by atomic mass is 35.5. The van der Waals surface area contributed by atoms with E-state index < -0.39 is 16.0 Å². The third kappa shape index (κ3) is 4.72. The number of methoxy groups -OCH3 is 1. The fraction of sp³-hybridized carbons (Fsp3) is 0.667. The van der Waals surface area contributed by atoms with Crippen LogP contribution in [0.4, 0.5) is 0 Å². The van der Waals surface area contributed by atoms with Crippen LogP contribution in [0.3, 0.4) is 0 Å². The summed E-state index contributed by atoms with van der Waals surface area (Å²) in [5, 5.41) is 3.30. The van der Waals surface area contributed by atoms with Crippen molar-refractivity contribution < 1.29 is 22.4 Å². The van der Waals surface area contributed by atoms with Crippen molar-refractivity contribution >= 4 is 28.4 Å². The van der Waals surface area contributed by atoms with Crippen molar-refractivity contribution in [2.75, 3.05) is 26.7 Å². The number of furan rings is 1. The molecule has 2 rings (SSSR count). The third-order valence-corrected chi connectivity index (χ3v) is 5.72. The van der Waals surface area contributed by atoms with Gasteiger partial charge in [0, 0.05) is 6.54 Å². The number of nitrogens with one attached hydrogen (secondary N) is 2. The number of carbonyl (C=O) groups excluding carboxylic acids is 1. The van der Waals surface area contributed by atoms with Gasteiger partial charge in [0.1, 0.15) is 22.0 Å². The van der Waals surface area contributed by atoms with Crippen LogP contribution in [0.15, 0.2) is 9.31 Å². The summed E-state index contributed by atoms with van der Waals surface area (Å²) in [6.45, 7) is 5.35. The molecule has 1 aliphatic rings. The van der Waals surface area contributed by atoms with E-state index in [4.69, 9.17) is 4.42 Å². The fourth-order valence-corrected chi connectivity index (χ4v) is 4.41. The molecule has 0 radical (unpaired) electrons. The number of carbonyl (C=O) groups is 1. The number of ether oxygens (including phenoxy) is 1. The monoisotopic (exact) mass is 380 g/mol. The number of aryl methyl sites for hydroxylation is 2. The Morgan fingerprint density at radius 2 is 2.08 bits per heavy atom. The van der Waals surface area contributed by atoms with Gasteiger partial charge in [-0.05, 0) is 52.1 Å². The molecule has 1 fully saturated rings. The Balaban J connectivity index is 0.00000288. The van der Waals surface area contributed by atoms with Gasteiger partial charge in [-0.25, -0.2) is 17.9 Å². The van der Waals surface area contributed by atoms with E-state index in [0.717, 1.165) is 32.4 Å². The van der Waals surface area contributed by atoms with Crippen LogP contribution in [0.1, 0.15) is 41.1 Å². The standard InChI is InChI=1S/C15H24N2O5S.ClH/c1-10-13(15(18)21-3)14(11(2)22-10)23(19,20)17-8-6-12-5-4-7-16-9-12;/h12,16-17H,4-9H2,1-3H3;1H. The van der Waals surface area contributed by atoms with Gasteiger partial charge in [0.25, 0.3) is 0 Å². The van der Waals surface area contributed by atoms with Crippen LogP contribution in [0.5, 0.6) is 0 Å². The zero-order valence-corrected chi connectivity index (χ0v) is 15.8. The van der Waals surface area contributed by atoms with Gasteiger partial charge in [-0.15, -0.1) is 12.4 Å². The van der Waals surface area contributed by atoms with Crippen molar-refractivity contribution in [2.24, 2.45) is 5.92 Å². The number of rotatable bonds is 6. The fourth-order valence-electron chi connectivity index (χ4n) is 2.96. The minimum atomic E-state index is -3.82. The smallest absolute Gasteiger partial charge is 0.342 e. The Morgan fingerprint density at radius 3 is 2.67 bits per heavy atom. The van der Waals surface area contributed by atoms with Gasteiger partial charge in [-0.3, -0.25) is 0 Å². The van der Waals surface area contributed by atoms with E-state index in [1.807, 2.05) is 0 Å². The van der Waals surface area contributed by atoms with Crippen LogP contribution in [0, 0.1) is 19.8 Å². The molecule has 1 unspecified atom stereocenters. The highest BCUT2D eigenvalue weighted by Gasteiger charge is 2.31. The lowest BCUT2D eigenvalue weighted by Gasteiger charge is -2.22. The number of halogens is 1. The van der Waals surface area contributed by atoms with Crippen molar-refractivity contribution in [3.63, 3.8) is 0 Å². The van der Waals surface area contributed by atoms with Gasteiger partial charge in [0.05, 0.1) is 7.11 Å². The second kappa shape index (κ2) is 8.84. The zero-order chi connectivity index (χ0) is 17.0. The summed E-state index contributed by atoms with van der Waals surface area (Å²) in [6.07, 6.45) is 2.98. The lowest BCUT2D eigenvalue weighted by molar-refractivity contribution is 0.0595. The van der Waals surface area contributed by atoms with E-state index in [2.05, 4.69) is 14.8 Å². The highest BCUT2D eigenvalue weighted by Crippen LogP contribution is 2.27. The molecule has 138 valence electrons. The number of piperidine rings is 1. The minimum absolute atomic E-state index is 0. The van der Waals surface area contributed by atoms with Gasteiger partial charge < -0.3 is 14.5 Å². The molecule has 0 amide bonds. The summed E-state index contributed by atoms with van der Waals surface area (Å²) in [4.78, 5) is 11.7. The van der Waals surface area contributed by atoms with E-state index in [0.29, 0.717) is 12.5 Å². The van der Waals surface area contributed by atoms with E-state index in [1.165, 1.54) is 14.0 Å². The van der Waals surface area contributed by atoms with E-state index in [1.54, 1.807) is 6.92 Å². The maximum Gasteiger partial charge on any atom is 0.342 e. The number of sulfonamides is 1. The second-order valence-electron chi connectivity index (χ2n) is 5.81. The lowest BCUT2D eigenvalue weighted by atomic mass is 9.96. The highest BCUT2D eigenvalue weighted by molar-refractivity contribution is 7.89. The summed E-state index contributed by atoms with van der Waals surface area (Å²) < 4.78 is 37.7. The molecule has 1 aliphatic heterocycles. The summed E-state index contributed by atoms with van der Waals surface area (Å²) in [6, 6.07) is 0. The number of esters is 1. The van der Waals surface area contributed by atoms with E-state index in [-0.39, 0.29) is 34.4 Å². The molecule has 1 saturated heterocycles. The molecular weight excluding hydrogens is 356 g/mol. The molecule has 0 aliphatic carbocycles. The quantitative estimate of drug-likeness (QED) is 0.730. The van der Waals surface area contributed by atoms with Gasteiger partial charge in [-0.1, -0.05) is 0 Å². The molecule has 2 heterocycles. The average molecular weight is 381 g/mol. The molecule has 7 nitrogen and oxygen atoms in total. The molecule has 9 heteroatoms. The summed E-state index contributed by atoms with van der Waals surface area (Å²) in [5.41, 5.74) is -0.0307. The second-order valence-corrected chi connectivity index (χ2v) is 7.51. The largest absolute Gasteiger partial charge is 0.465 e. The molecule has 0 aromatic carbocycles. The Kier molecular flexibility index (Phi) is 7.72. The van der Waals surface area contributed by atoms with Gasteiger partial charge in [0.2, 0.25) is 10.0 Å². The van der Waals surface area contributed by atoms with Crippen LogP contribution in [-0.2, 0) is 14.8 Å². The first-order chi connectivity index (χ1) is 10.9. The number of hydrogen-bond acceptors (Lipinski definition) is 6. The van der Waals surface area contributed by atoms with Crippen molar-refractivity contribution in [1.82, 2.24) is 10.0 Å². The molecule has 0 spiro atoms. The van der Waals surface area contributed by atoms with Crippen molar-refractivity contribution in [1.29, 1.82) is 0 Å². The molecule has 1 aromatic rings. The molecule has 0 saturated carbocycles. The predicted molar refractivity (Wildman–Crippen MR) is 92.2 cm³/mol. The van der Waals surface area contributed by atoms with Crippen LogP contribution in [-0.4, -0.2) is 41.1 Å². The van der Waals surface area contributed by atoms with Crippen molar-refractivity contribution in [3.8, 4) is 0 Å². The Morgan fingerprint density at radius 1 is 1.38 bits per heavy atom. The minimum Gasteiger partial charge on any atom is -0.465 e. The van der Waals surface area contributed by atoms with E-state index >= 15 is 0 Å². The predicted octanol–water partition coefficient (Wildman–Crippen LogP) is 1.77.